The molecule has 1 heterocycles. The molecule has 4 heteroatoms. The van der Waals surface area contributed by atoms with Crippen molar-refractivity contribution < 1.29 is 4.79 Å². The molecule has 2 N–H and O–H groups in total. The molecular weight excluding hydrogens is 304 g/mol. The zero-order valence-electron chi connectivity index (χ0n) is 12.5. The molecule has 112 valence electrons. The molecule has 0 bridgehead atoms. The second kappa shape index (κ2) is 5.25. The van der Waals surface area contributed by atoms with Crippen LogP contribution in [0.3, 0.4) is 0 Å². The molecule has 4 rings (SSSR count). The Kier molecular flexibility index (Phi) is 3.20. The maximum atomic E-state index is 12.0. The number of nitrogens with one attached hydrogen (secondary N) is 2. The van der Waals surface area contributed by atoms with E-state index in [9.17, 15) is 4.79 Å². The minimum absolute atomic E-state index is 0.182. The summed E-state index contributed by atoms with van der Waals surface area (Å²) in [5.41, 5.74) is 2.28. The Labute approximate surface area is 137 Å². The van der Waals surface area contributed by atoms with Gasteiger partial charge in [0, 0.05) is 0 Å². The van der Waals surface area contributed by atoms with Crippen molar-refractivity contribution in [2.75, 3.05) is 0 Å². The number of benzene rings is 3. The highest BCUT2D eigenvalue weighted by atomic mass is 32.2. The lowest BCUT2D eigenvalue weighted by molar-refractivity contribution is -0.115. The number of hydrogen-bond donors (Lipinski definition) is 2. The van der Waals surface area contributed by atoms with Gasteiger partial charge in [-0.25, -0.2) is 0 Å². The van der Waals surface area contributed by atoms with Crippen LogP contribution in [-0.2, 0) is 4.79 Å². The molecular formula is C19H14N2OS. The molecule has 0 aliphatic carbocycles. The van der Waals surface area contributed by atoms with Crippen molar-refractivity contribution in [3.8, 4) is 0 Å². The van der Waals surface area contributed by atoms with E-state index in [1.54, 1.807) is 0 Å². The first-order valence-electron chi connectivity index (χ1n) is 7.34. The van der Waals surface area contributed by atoms with Gasteiger partial charge in [-0.2, -0.15) is 0 Å². The Hall–Kier alpha value is -2.59. The van der Waals surface area contributed by atoms with Crippen LogP contribution in [-0.4, -0.2) is 11.1 Å². The minimum Gasteiger partial charge on any atom is -0.301 e. The predicted octanol–water partition coefficient (Wildman–Crippen LogP) is 4.44. The van der Waals surface area contributed by atoms with Crippen molar-refractivity contribution in [2.45, 2.75) is 6.92 Å². The quantitative estimate of drug-likeness (QED) is 0.515. The van der Waals surface area contributed by atoms with E-state index >= 15 is 0 Å². The maximum absolute atomic E-state index is 12.0. The monoisotopic (exact) mass is 318 g/mol. The first-order valence-corrected chi connectivity index (χ1v) is 8.16. The first kappa shape index (κ1) is 14.0. The zero-order chi connectivity index (χ0) is 16.0. The highest BCUT2D eigenvalue weighted by molar-refractivity contribution is 8.18. The molecule has 0 atom stereocenters. The van der Waals surface area contributed by atoms with E-state index in [2.05, 4.69) is 36.5 Å². The number of hydrogen-bond acceptors (Lipinski definition) is 3. The van der Waals surface area contributed by atoms with Crippen LogP contribution < -0.4 is 5.32 Å². The average Bonchev–Trinajstić information content (AvgIpc) is 2.89. The van der Waals surface area contributed by atoms with Gasteiger partial charge in [0.05, 0.1) is 4.91 Å². The Bertz CT molecular complexity index is 963. The molecule has 1 amide bonds. The van der Waals surface area contributed by atoms with Gasteiger partial charge in [0.1, 0.15) is 0 Å². The summed E-state index contributed by atoms with van der Waals surface area (Å²) in [6.45, 7) is 2.13. The number of rotatable bonds is 1. The summed E-state index contributed by atoms with van der Waals surface area (Å²) < 4.78 is 0. The van der Waals surface area contributed by atoms with E-state index in [4.69, 9.17) is 5.41 Å². The van der Waals surface area contributed by atoms with E-state index in [0.29, 0.717) is 4.91 Å². The molecule has 3 aromatic carbocycles. The summed E-state index contributed by atoms with van der Waals surface area (Å²) in [5, 5.41) is 15.0. The Morgan fingerprint density at radius 3 is 1.96 bits per heavy atom. The Balaban J connectivity index is 2.11. The maximum Gasteiger partial charge on any atom is 0.264 e. The van der Waals surface area contributed by atoms with Gasteiger partial charge in [0.2, 0.25) is 0 Å². The number of carbonyl (C=O) groups is 1. The second-order valence-corrected chi connectivity index (χ2v) is 6.58. The van der Waals surface area contributed by atoms with Crippen molar-refractivity contribution in [3.63, 3.8) is 0 Å². The number of aryl methyl sites for hydroxylation is 1. The van der Waals surface area contributed by atoms with E-state index < -0.39 is 0 Å². The highest BCUT2D eigenvalue weighted by Crippen LogP contribution is 2.35. The fourth-order valence-electron chi connectivity index (χ4n) is 3.11. The van der Waals surface area contributed by atoms with Crippen LogP contribution in [0.5, 0.6) is 0 Å². The fraction of sp³-hybridized carbons (Fsp3) is 0.0526. The lowest BCUT2D eigenvalue weighted by Gasteiger charge is -2.12. The molecule has 0 unspecified atom stereocenters. The topological polar surface area (TPSA) is 53.0 Å². The van der Waals surface area contributed by atoms with Gasteiger partial charge in [0.15, 0.2) is 5.17 Å². The van der Waals surface area contributed by atoms with E-state index in [0.717, 1.165) is 16.3 Å². The molecule has 1 aliphatic rings. The third-order valence-corrected chi connectivity index (χ3v) is 5.01. The second-order valence-electron chi connectivity index (χ2n) is 5.52. The van der Waals surface area contributed by atoms with Crippen molar-refractivity contribution in [1.29, 1.82) is 5.41 Å². The van der Waals surface area contributed by atoms with Crippen LogP contribution >= 0.6 is 11.8 Å². The number of amides is 1. The van der Waals surface area contributed by atoms with E-state index in [-0.39, 0.29) is 11.1 Å². The highest BCUT2D eigenvalue weighted by Gasteiger charge is 2.23. The van der Waals surface area contributed by atoms with Crippen LogP contribution in [0.15, 0.2) is 53.4 Å². The summed E-state index contributed by atoms with van der Waals surface area (Å²) in [6.07, 6.45) is 1.91. The third kappa shape index (κ3) is 2.23. The SMILES string of the molecule is Cc1c2ccccc2c(/C=C2/SC(=N)NC2=O)c2ccccc12. The number of fused-ring (bicyclic) bond motifs is 2. The molecule has 0 radical (unpaired) electrons. The smallest absolute Gasteiger partial charge is 0.264 e. The molecule has 1 aliphatic heterocycles. The van der Waals surface area contributed by atoms with Gasteiger partial charge >= 0.3 is 0 Å². The zero-order valence-corrected chi connectivity index (χ0v) is 13.3. The van der Waals surface area contributed by atoms with Crippen molar-refractivity contribution >= 4 is 50.5 Å². The predicted molar refractivity (Wildman–Crippen MR) is 97.6 cm³/mol. The van der Waals surface area contributed by atoms with Crippen molar-refractivity contribution in [3.05, 3.63) is 64.6 Å². The lowest BCUT2D eigenvalue weighted by Crippen LogP contribution is -2.18. The van der Waals surface area contributed by atoms with Gasteiger partial charge < -0.3 is 5.32 Å². The van der Waals surface area contributed by atoms with E-state index in [1.165, 1.54) is 28.1 Å². The van der Waals surface area contributed by atoms with Gasteiger partial charge in [-0.1, -0.05) is 48.5 Å². The van der Waals surface area contributed by atoms with Crippen LogP contribution in [0, 0.1) is 12.3 Å². The molecule has 0 saturated carbocycles. The summed E-state index contributed by atoms with van der Waals surface area (Å²) in [4.78, 5) is 12.6. The van der Waals surface area contributed by atoms with Gasteiger partial charge in [-0.15, -0.1) is 0 Å². The molecule has 1 fully saturated rings. The van der Waals surface area contributed by atoms with Crippen molar-refractivity contribution in [2.24, 2.45) is 0 Å². The largest absolute Gasteiger partial charge is 0.301 e. The van der Waals surface area contributed by atoms with Crippen LogP contribution in [0.2, 0.25) is 0 Å². The Morgan fingerprint density at radius 1 is 0.957 bits per heavy atom. The summed E-state index contributed by atoms with van der Waals surface area (Å²) in [7, 11) is 0. The van der Waals surface area contributed by atoms with Crippen LogP contribution in [0.25, 0.3) is 27.6 Å². The summed E-state index contributed by atoms with van der Waals surface area (Å²) in [5.74, 6) is -0.200. The first-order chi connectivity index (χ1) is 11.1. The lowest BCUT2D eigenvalue weighted by atomic mass is 9.92. The van der Waals surface area contributed by atoms with E-state index in [1.807, 2.05) is 30.3 Å². The minimum atomic E-state index is -0.200. The standard InChI is InChI=1S/C19H14N2OS/c1-11-12-6-2-4-8-14(12)16(15-9-5-3-7-13(11)15)10-17-18(22)21-19(20)23-17/h2-10H,1H3,(H2,20,21,22)/b17-10+. The van der Waals surface area contributed by atoms with Crippen LogP contribution in [0.4, 0.5) is 0 Å². The normalized spacial score (nSPS) is 16.5. The molecule has 23 heavy (non-hydrogen) atoms. The average molecular weight is 318 g/mol. The third-order valence-electron chi connectivity index (χ3n) is 4.18. The molecule has 0 aromatic heterocycles. The van der Waals surface area contributed by atoms with Gasteiger partial charge in [-0.05, 0) is 57.4 Å². The Morgan fingerprint density at radius 2 is 1.48 bits per heavy atom. The summed E-state index contributed by atoms with van der Waals surface area (Å²) >= 11 is 1.17. The fourth-order valence-corrected chi connectivity index (χ4v) is 3.79. The van der Waals surface area contributed by atoms with Gasteiger partial charge in [0.25, 0.3) is 5.91 Å². The molecule has 3 nitrogen and oxygen atoms in total. The van der Waals surface area contributed by atoms with Crippen molar-refractivity contribution in [1.82, 2.24) is 5.32 Å². The van der Waals surface area contributed by atoms with Gasteiger partial charge in [-0.3, -0.25) is 10.2 Å². The summed E-state index contributed by atoms with van der Waals surface area (Å²) in [6, 6.07) is 16.5. The molecule has 1 saturated heterocycles. The number of thioether (sulfide) groups is 1. The number of amidine groups is 1. The van der Waals surface area contributed by atoms with Crippen LogP contribution in [0.1, 0.15) is 11.1 Å². The molecule has 3 aromatic rings. The number of carbonyl (C=O) groups excluding carboxylic acids is 1. The molecule has 0 spiro atoms.